The van der Waals surface area contributed by atoms with E-state index in [0.717, 1.165) is 0 Å². The molecule has 0 fully saturated rings. The molecular weight excluding hydrogens is 241 g/mol. The summed E-state index contributed by atoms with van der Waals surface area (Å²) in [7, 11) is 0. The van der Waals surface area contributed by atoms with Gasteiger partial charge >= 0.3 is 0 Å². The fourth-order valence-electron chi connectivity index (χ4n) is 1.38. The number of nitrogens with two attached hydrogens (primary N) is 1. The molecule has 0 atom stereocenters. The van der Waals surface area contributed by atoms with Gasteiger partial charge in [-0.05, 0) is 34.6 Å². The lowest BCUT2D eigenvalue weighted by atomic mass is 10.2. The van der Waals surface area contributed by atoms with Crippen molar-refractivity contribution in [1.29, 1.82) is 0 Å². The first-order chi connectivity index (χ1) is 8.74. The van der Waals surface area contributed by atoms with E-state index in [4.69, 9.17) is 10.3 Å². The number of anilines is 1. The summed E-state index contributed by atoms with van der Waals surface area (Å²) in [6, 6.07) is 5.68. The van der Waals surface area contributed by atoms with E-state index in [2.05, 4.69) is 25.1 Å². The van der Waals surface area contributed by atoms with Crippen LogP contribution in [0.3, 0.4) is 0 Å². The van der Waals surface area contributed by atoms with Gasteiger partial charge in [-0.25, -0.2) is 9.02 Å². The Morgan fingerprint density at radius 1 is 1.06 bits per heavy atom. The van der Waals surface area contributed by atoms with Crippen molar-refractivity contribution in [1.82, 2.24) is 20.5 Å². The maximum absolute atomic E-state index is 12.8. The predicted octanol–water partition coefficient (Wildman–Crippen LogP) is 1.51. The minimum atomic E-state index is -0.340. The number of aromatic nitrogens is 4. The SMILES string of the molecule is Nc1nonc1-c1nc(-c2ccc(F)cc2)no1. The van der Waals surface area contributed by atoms with Gasteiger partial charge in [0.05, 0.1) is 0 Å². The summed E-state index contributed by atoms with van der Waals surface area (Å²) in [5.41, 5.74) is 6.28. The van der Waals surface area contributed by atoms with Gasteiger partial charge < -0.3 is 10.3 Å². The molecule has 0 saturated carbocycles. The molecule has 3 rings (SSSR count). The normalized spacial score (nSPS) is 10.7. The van der Waals surface area contributed by atoms with Crippen LogP contribution in [0.4, 0.5) is 10.2 Å². The number of nitrogen functional groups attached to an aromatic ring is 1. The van der Waals surface area contributed by atoms with Gasteiger partial charge in [0.1, 0.15) is 5.82 Å². The third kappa shape index (κ3) is 1.69. The highest BCUT2D eigenvalue weighted by Gasteiger charge is 2.17. The summed E-state index contributed by atoms with van der Waals surface area (Å²) in [5.74, 6) is 0.109. The van der Waals surface area contributed by atoms with Crippen molar-refractivity contribution >= 4 is 5.82 Å². The van der Waals surface area contributed by atoms with Crippen molar-refractivity contribution in [3.63, 3.8) is 0 Å². The standard InChI is InChI=1S/C10H6FN5O2/c11-6-3-1-5(2-4-6)9-13-10(17-16-9)7-8(12)15-18-14-7/h1-4H,(H2,12,15). The van der Waals surface area contributed by atoms with Gasteiger partial charge in [0.2, 0.25) is 17.3 Å². The van der Waals surface area contributed by atoms with Crippen LogP contribution in [0.5, 0.6) is 0 Å². The van der Waals surface area contributed by atoms with Crippen LogP contribution in [0.2, 0.25) is 0 Å². The molecule has 0 aliphatic carbocycles. The van der Waals surface area contributed by atoms with Crippen molar-refractivity contribution in [3.8, 4) is 23.0 Å². The number of benzene rings is 1. The lowest BCUT2D eigenvalue weighted by Crippen LogP contribution is -1.88. The minimum Gasteiger partial charge on any atom is -0.379 e. The highest BCUT2D eigenvalue weighted by atomic mass is 19.1. The highest BCUT2D eigenvalue weighted by Crippen LogP contribution is 2.23. The molecule has 90 valence electrons. The first kappa shape index (κ1) is 10.4. The van der Waals surface area contributed by atoms with Crippen molar-refractivity contribution < 1.29 is 13.5 Å². The quantitative estimate of drug-likeness (QED) is 0.731. The maximum atomic E-state index is 12.8. The maximum Gasteiger partial charge on any atom is 0.284 e. The fourth-order valence-corrected chi connectivity index (χ4v) is 1.38. The van der Waals surface area contributed by atoms with Gasteiger partial charge in [0, 0.05) is 5.56 Å². The van der Waals surface area contributed by atoms with Crippen molar-refractivity contribution in [3.05, 3.63) is 30.1 Å². The molecule has 18 heavy (non-hydrogen) atoms. The van der Waals surface area contributed by atoms with E-state index in [-0.39, 0.29) is 23.2 Å². The van der Waals surface area contributed by atoms with E-state index in [9.17, 15) is 4.39 Å². The Bertz CT molecular complexity index is 676. The molecule has 0 saturated heterocycles. The van der Waals surface area contributed by atoms with Crippen LogP contribution < -0.4 is 5.73 Å². The molecule has 0 aliphatic heterocycles. The van der Waals surface area contributed by atoms with Crippen LogP contribution in [0.25, 0.3) is 23.0 Å². The molecule has 3 aromatic rings. The van der Waals surface area contributed by atoms with Gasteiger partial charge in [-0.15, -0.1) is 0 Å². The number of hydrogen-bond donors (Lipinski definition) is 1. The summed E-state index contributed by atoms with van der Waals surface area (Å²) in [6.45, 7) is 0. The van der Waals surface area contributed by atoms with Crippen molar-refractivity contribution in [2.45, 2.75) is 0 Å². The average Bonchev–Trinajstić information content (AvgIpc) is 2.98. The summed E-state index contributed by atoms with van der Waals surface area (Å²) in [6.07, 6.45) is 0. The Morgan fingerprint density at radius 2 is 1.83 bits per heavy atom. The van der Waals surface area contributed by atoms with Gasteiger partial charge in [-0.1, -0.05) is 5.16 Å². The second-order valence-corrected chi connectivity index (χ2v) is 3.43. The van der Waals surface area contributed by atoms with Gasteiger partial charge in [-0.3, -0.25) is 0 Å². The second kappa shape index (κ2) is 3.91. The Balaban J connectivity index is 1.99. The summed E-state index contributed by atoms with van der Waals surface area (Å²) >= 11 is 0. The molecule has 0 amide bonds. The van der Waals surface area contributed by atoms with E-state index < -0.39 is 0 Å². The predicted molar refractivity (Wildman–Crippen MR) is 57.4 cm³/mol. The second-order valence-electron chi connectivity index (χ2n) is 3.43. The first-order valence-corrected chi connectivity index (χ1v) is 4.92. The van der Waals surface area contributed by atoms with Crippen LogP contribution in [-0.4, -0.2) is 20.5 Å². The largest absolute Gasteiger partial charge is 0.379 e. The number of nitrogens with zero attached hydrogens (tertiary/aromatic N) is 4. The van der Waals surface area contributed by atoms with Crippen LogP contribution in [0, 0.1) is 5.82 Å². The smallest absolute Gasteiger partial charge is 0.284 e. The van der Waals surface area contributed by atoms with E-state index in [1.807, 2.05) is 0 Å². The minimum absolute atomic E-state index is 0.0595. The summed E-state index contributed by atoms with van der Waals surface area (Å²) < 4.78 is 22.2. The van der Waals surface area contributed by atoms with Crippen molar-refractivity contribution in [2.75, 3.05) is 5.73 Å². The third-order valence-corrected chi connectivity index (χ3v) is 2.24. The molecule has 0 spiro atoms. The summed E-state index contributed by atoms with van der Waals surface area (Å²) in [5, 5.41) is 10.7. The molecule has 7 nitrogen and oxygen atoms in total. The van der Waals surface area contributed by atoms with Crippen LogP contribution in [0.15, 0.2) is 33.4 Å². The number of halogens is 1. The van der Waals surface area contributed by atoms with E-state index in [1.54, 1.807) is 0 Å². The zero-order valence-corrected chi connectivity index (χ0v) is 8.87. The highest BCUT2D eigenvalue weighted by molar-refractivity contribution is 5.63. The lowest BCUT2D eigenvalue weighted by Gasteiger charge is -1.92. The zero-order valence-electron chi connectivity index (χ0n) is 8.87. The zero-order chi connectivity index (χ0) is 12.5. The van der Waals surface area contributed by atoms with Crippen LogP contribution in [-0.2, 0) is 0 Å². The molecule has 1 aromatic carbocycles. The molecule has 8 heteroatoms. The van der Waals surface area contributed by atoms with E-state index in [0.29, 0.717) is 11.4 Å². The molecule has 2 heterocycles. The van der Waals surface area contributed by atoms with Gasteiger partial charge in [0.15, 0.2) is 0 Å². The van der Waals surface area contributed by atoms with Gasteiger partial charge in [0.25, 0.3) is 5.89 Å². The molecule has 0 unspecified atom stereocenters. The van der Waals surface area contributed by atoms with Crippen LogP contribution in [0.1, 0.15) is 0 Å². The summed E-state index contributed by atoms with van der Waals surface area (Å²) in [4.78, 5) is 4.07. The Labute approximate surface area is 99.4 Å². The van der Waals surface area contributed by atoms with E-state index >= 15 is 0 Å². The fraction of sp³-hybridized carbons (Fsp3) is 0. The molecule has 2 aromatic heterocycles. The van der Waals surface area contributed by atoms with Crippen molar-refractivity contribution in [2.24, 2.45) is 0 Å². The number of hydrogen-bond acceptors (Lipinski definition) is 7. The molecular formula is C10H6FN5O2. The van der Waals surface area contributed by atoms with E-state index in [1.165, 1.54) is 24.3 Å². The Morgan fingerprint density at radius 3 is 2.50 bits per heavy atom. The average molecular weight is 247 g/mol. The lowest BCUT2D eigenvalue weighted by molar-refractivity contribution is 0.308. The third-order valence-electron chi connectivity index (χ3n) is 2.24. The Hall–Kier alpha value is -2.77. The first-order valence-electron chi connectivity index (χ1n) is 4.92. The van der Waals surface area contributed by atoms with Gasteiger partial charge in [-0.2, -0.15) is 4.98 Å². The van der Waals surface area contributed by atoms with Crippen LogP contribution >= 0.6 is 0 Å². The molecule has 0 aliphatic rings. The Kier molecular flexibility index (Phi) is 2.26. The molecule has 0 bridgehead atoms. The number of rotatable bonds is 2. The molecule has 2 N–H and O–H groups in total. The molecule has 0 radical (unpaired) electrons. The topological polar surface area (TPSA) is 104 Å². The monoisotopic (exact) mass is 247 g/mol.